The molecule has 0 spiro atoms. The highest BCUT2D eigenvalue weighted by Crippen LogP contribution is 2.31. The van der Waals surface area contributed by atoms with E-state index in [9.17, 15) is 4.39 Å². The Morgan fingerprint density at radius 1 is 0.938 bits per heavy atom. The van der Waals surface area contributed by atoms with Crippen LogP contribution in [0.25, 0.3) is 33.7 Å². The van der Waals surface area contributed by atoms with E-state index in [-0.39, 0.29) is 5.75 Å². The van der Waals surface area contributed by atoms with Crippen LogP contribution in [0.4, 0.5) is 4.39 Å². The number of fused-ring (bicyclic) bond motifs is 1. The number of aromatic nitrogens is 5. The van der Waals surface area contributed by atoms with E-state index >= 15 is 0 Å². The van der Waals surface area contributed by atoms with E-state index in [1.165, 1.54) is 13.2 Å². The minimum Gasteiger partial charge on any atom is -0.494 e. The topological polar surface area (TPSA) is 76.6 Å². The zero-order valence-electron chi connectivity index (χ0n) is 17.6. The van der Waals surface area contributed by atoms with Crippen molar-refractivity contribution in [1.82, 2.24) is 24.9 Å². The fourth-order valence-corrected chi connectivity index (χ4v) is 3.71. The molecule has 0 amide bonds. The summed E-state index contributed by atoms with van der Waals surface area (Å²) >= 11 is 0. The van der Waals surface area contributed by atoms with Gasteiger partial charge in [-0.1, -0.05) is 18.2 Å². The molecule has 0 saturated heterocycles. The Balaban J connectivity index is 1.61. The van der Waals surface area contributed by atoms with E-state index in [2.05, 4.69) is 19.9 Å². The molecule has 0 unspecified atom stereocenters. The van der Waals surface area contributed by atoms with Crippen molar-refractivity contribution in [2.75, 3.05) is 7.11 Å². The maximum Gasteiger partial charge on any atom is 0.165 e. The van der Waals surface area contributed by atoms with Crippen molar-refractivity contribution in [3.05, 3.63) is 89.9 Å². The number of nitrogens with zero attached hydrogens (tertiary/aromatic N) is 4. The van der Waals surface area contributed by atoms with Crippen molar-refractivity contribution in [2.45, 2.75) is 13.3 Å². The number of aryl methyl sites for hydroxylation is 1. The molecule has 0 saturated carbocycles. The van der Waals surface area contributed by atoms with E-state index in [0.29, 0.717) is 12.2 Å². The number of hydrogen-bond donors (Lipinski definition) is 1. The number of halogens is 1. The van der Waals surface area contributed by atoms with Crippen LogP contribution in [-0.4, -0.2) is 32.0 Å². The number of aromatic amines is 1. The average Bonchev–Trinajstić information content (AvgIpc) is 3.23. The number of pyridine rings is 1. The normalized spacial score (nSPS) is 11.1. The van der Waals surface area contributed by atoms with Gasteiger partial charge in [-0.2, -0.15) is 0 Å². The molecule has 0 fully saturated rings. The largest absolute Gasteiger partial charge is 0.494 e. The zero-order valence-corrected chi connectivity index (χ0v) is 17.6. The van der Waals surface area contributed by atoms with Crippen molar-refractivity contribution in [3.8, 4) is 28.4 Å². The molecule has 0 atom stereocenters. The Labute approximate surface area is 184 Å². The number of nitrogens with one attached hydrogen (secondary N) is 1. The predicted molar refractivity (Wildman–Crippen MR) is 121 cm³/mol. The van der Waals surface area contributed by atoms with E-state index in [0.717, 1.165) is 44.9 Å². The molecule has 32 heavy (non-hydrogen) atoms. The van der Waals surface area contributed by atoms with Crippen molar-refractivity contribution in [1.29, 1.82) is 0 Å². The summed E-state index contributed by atoms with van der Waals surface area (Å²) in [4.78, 5) is 21.7. The van der Waals surface area contributed by atoms with Crippen LogP contribution in [0.15, 0.2) is 67.0 Å². The summed E-state index contributed by atoms with van der Waals surface area (Å²) in [5.74, 6) is 0.531. The fraction of sp³-hybridized carbons (Fsp3) is 0.120. The van der Waals surface area contributed by atoms with E-state index in [1.807, 2.05) is 49.4 Å². The summed E-state index contributed by atoms with van der Waals surface area (Å²) in [6.45, 7) is 1.95. The van der Waals surface area contributed by atoms with Gasteiger partial charge in [0.25, 0.3) is 0 Å². The van der Waals surface area contributed by atoms with Gasteiger partial charge in [-0.15, -0.1) is 0 Å². The zero-order chi connectivity index (χ0) is 22.1. The van der Waals surface area contributed by atoms with Crippen LogP contribution in [-0.2, 0) is 6.42 Å². The summed E-state index contributed by atoms with van der Waals surface area (Å²) in [7, 11) is 1.45. The number of rotatable bonds is 5. The first kappa shape index (κ1) is 19.8. The molecule has 3 heterocycles. The molecule has 0 bridgehead atoms. The molecular formula is C25H20FN5O. The average molecular weight is 425 g/mol. The lowest BCUT2D eigenvalue weighted by atomic mass is 10.1. The lowest BCUT2D eigenvalue weighted by Gasteiger charge is -2.04. The van der Waals surface area contributed by atoms with Gasteiger partial charge < -0.3 is 9.72 Å². The second-order valence-corrected chi connectivity index (χ2v) is 7.48. The van der Waals surface area contributed by atoms with Gasteiger partial charge in [0.05, 0.1) is 35.2 Å². The minimum absolute atomic E-state index is 0.218. The van der Waals surface area contributed by atoms with Gasteiger partial charge in [0, 0.05) is 30.1 Å². The van der Waals surface area contributed by atoms with Crippen LogP contribution in [0, 0.1) is 12.7 Å². The highest BCUT2D eigenvalue weighted by atomic mass is 19.1. The van der Waals surface area contributed by atoms with Gasteiger partial charge in [0.2, 0.25) is 0 Å². The molecule has 2 aromatic carbocycles. The third-order valence-electron chi connectivity index (χ3n) is 5.23. The summed E-state index contributed by atoms with van der Waals surface area (Å²) in [5.41, 5.74) is 6.56. The number of methoxy groups -OCH3 is 1. The molecule has 6 nitrogen and oxygen atoms in total. The number of imidazole rings is 1. The Hall–Kier alpha value is -4.13. The minimum atomic E-state index is -0.398. The third kappa shape index (κ3) is 3.80. The Morgan fingerprint density at radius 3 is 2.56 bits per heavy atom. The van der Waals surface area contributed by atoms with Gasteiger partial charge in [-0.05, 0) is 48.9 Å². The Kier molecular flexibility index (Phi) is 5.07. The summed E-state index contributed by atoms with van der Waals surface area (Å²) in [5, 5.41) is 0. The number of benzene rings is 2. The van der Waals surface area contributed by atoms with E-state index in [1.54, 1.807) is 18.5 Å². The van der Waals surface area contributed by atoms with Crippen molar-refractivity contribution in [2.24, 2.45) is 0 Å². The van der Waals surface area contributed by atoms with Crippen LogP contribution in [0.5, 0.6) is 5.75 Å². The van der Waals surface area contributed by atoms with Crippen molar-refractivity contribution in [3.63, 3.8) is 0 Å². The van der Waals surface area contributed by atoms with Gasteiger partial charge in [-0.25, -0.2) is 9.37 Å². The molecule has 7 heteroatoms. The lowest BCUT2D eigenvalue weighted by Crippen LogP contribution is -1.94. The second kappa shape index (κ2) is 8.19. The van der Waals surface area contributed by atoms with Crippen LogP contribution in [0.1, 0.15) is 17.1 Å². The molecular weight excluding hydrogens is 405 g/mol. The summed E-state index contributed by atoms with van der Waals surface area (Å²) < 4.78 is 19.2. The highest BCUT2D eigenvalue weighted by Gasteiger charge is 2.17. The maximum atomic E-state index is 14.2. The van der Waals surface area contributed by atoms with Crippen molar-refractivity contribution >= 4 is 11.0 Å². The monoisotopic (exact) mass is 425 g/mol. The molecule has 158 valence electrons. The van der Waals surface area contributed by atoms with Gasteiger partial charge in [-0.3, -0.25) is 15.0 Å². The second-order valence-electron chi connectivity index (χ2n) is 7.48. The van der Waals surface area contributed by atoms with Gasteiger partial charge >= 0.3 is 0 Å². The molecule has 3 aromatic heterocycles. The van der Waals surface area contributed by atoms with Crippen LogP contribution >= 0.6 is 0 Å². The Bertz CT molecular complexity index is 1430. The van der Waals surface area contributed by atoms with Gasteiger partial charge in [0.15, 0.2) is 11.6 Å². The van der Waals surface area contributed by atoms with Crippen LogP contribution < -0.4 is 4.74 Å². The number of ether oxygens (including phenoxy) is 1. The molecule has 5 aromatic rings. The molecule has 0 radical (unpaired) electrons. The SMILES string of the molecule is COc1ccc(Cc2nc(-c3ccc4nccnc4c3)c(-c3cccc(C)n3)[nH]2)cc1F. The quantitative estimate of drug-likeness (QED) is 0.422. The van der Waals surface area contributed by atoms with Crippen LogP contribution in [0.3, 0.4) is 0 Å². The molecule has 0 aliphatic carbocycles. The maximum absolute atomic E-state index is 14.2. The standard InChI is InChI=1S/C25H20FN5O/c1-15-4-3-5-20(29-15)25-24(17-7-8-19-21(14-17)28-11-10-27-19)30-23(31-25)13-16-6-9-22(32-2)18(26)12-16/h3-12,14H,13H2,1-2H3,(H,30,31). The predicted octanol–water partition coefficient (Wildman–Crippen LogP) is 5.13. The van der Waals surface area contributed by atoms with Gasteiger partial charge in [0.1, 0.15) is 5.82 Å². The Morgan fingerprint density at radius 2 is 1.78 bits per heavy atom. The first-order valence-electron chi connectivity index (χ1n) is 10.2. The van der Waals surface area contributed by atoms with Crippen LogP contribution in [0.2, 0.25) is 0 Å². The molecule has 0 aliphatic rings. The molecule has 5 rings (SSSR count). The first-order chi connectivity index (χ1) is 15.6. The fourth-order valence-electron chi connectivity index (χ4n) is 3.71. The lowest BCUT2D eigenvalue weighted by molar-refractivity contribution is 0.386. The van der Waals surface area contributed by atoms with Crippen molar-refractivity contribution < 1.29 is 9.13 Å². The summed E-state index contributed by atoms with van der Waals surface area (Å²) in [6, 6.07) is 16.7. The summed E-state index contributed by atoms with van der Waals surface area (Å²) in [6.07, 6.45) is 3.78. The first-order valence-corrected chi connectivity index (χ1v) is 10.2. The molecule has 1 N–H and O–H groups in total. The third-order valence-corrected chi connectivity index (χ3v) is 5.23. The molecule has 0 aliphatic heterocycles. The smallest absolute Gasteiger partial charge is 0.165 e. The number of H-pyrrole nitrogens is 1. The van der Waals surface area contributed by atoms with E-state index in [4.69, 9.17) is 9.72 Å². The highest BCUT2D eigenvalue weighted by molar-refractivity contribution is 5.84. The number of hydrogen-bond acceptors (Lipinski definition) is 5. The van der Waals surface area contributed by atoms with E-state index < -0.39 is 5.82 Å².